The summed E-state index contributed by atoms with van der Waals surface area (Å²) in [5.41, 5.74) is 0.872. The minimum atomic E-state index is -4.66. The van der Waals surface area contributed by atoms with Gasteiger partial charge in [0.2, 0.25) is 0 Å². The highest BCUT2D eigenvalue weighted by molar-refractivity contribution is 7.99. The minimum absolute atomic E-state index is 0.323. The molecule has 1 aromatic rings. The highest BCUT2D eigenvalue weighted by Crippen LogP contribution is 2.43. The standard InChI is InChI=1S/C9H9BF3S/c11-10(12,13)5-7-6-14-9-4-2-1-3-8(7)9/h1-4,7H,5-6H2/q-1. The first-order chi connectivity index (χ1) is 6.56. The van der Waals surface area contributed by atoms with E-state index < -0.39 is 13.3 Å². The Morgan fingerprint density at radius 1 is 1.29 bits per heavy atom. The van der Waals surface area contributed by atoms with Gasteiger partial charge in [-0.25, -0.2) is 0 Å². The second-order valence-corrected chi connectivity index (χ2v) is 4.55. The molecule has 0 radical (unpaired) electrons. The van der Waals surface area contributed by atoms with Crippen LogP contribution in [0.1, 0.15) is 11.5 Å². The van der Waals surface area contributed by atoms with Gasteiger partial charge in [0.25, 0.3) is 0 Å². The number of hydrogen-bond donors (Lipinski definition) is 0. The van der Waals surface area contributed by atoms with Crippen LogP contribution >= 0.6 is 11.8 Å². The van der Waals surface area contributed by atoms with E-state index in [-0.39, 0.29) is 5.92 Å². The summed E-state index contributed by atoms with van der Waals surface area (Å²) in [6, 6.07) is 7.37. The van der Waals surface area contributed by atoms with Crippen LogP contribution in [0.5, 0.6) is 0 Å². The van der Waals surface area contributed by atoms with E-state index in [9.17, 15) is 12.9 Å². The third kappa shape index (κ3) is 2.08. The Morgan fingerprint density at radius 3 is 2.71 bits per heavy atom. The SMILES string of the molecule is F[B-](F)(F)CC1CSc2ccccc21. The molecule has 0 bridgehead atoms. The zero-order valence-electron chi connectivity index (χ0n) is 7.42. The van der Waals surface area contributed by atoms with Crippen molar-refractivity contribution in [1.82, 2.24) is 0 Å². The van der Waals surface area contributed by atoms with Crippen molar-refractivity contribution in [2.45, 2.75) is 17.1 Å². The van der Waals surface area contributed by atoms with Crippen molar-refractivity contribution >= 4 is 18.7 Å². The molecular weight excluding hydrogens is 208 g/mol. The van der Waals surface area contributed by atoms with Gasteiger partial charge in [0.05, 0.1) is 0 Å². The molecule has 1 heterocycles. The van der Waals surface area contributed by atoms with E-state index >= 15 is 0 Å². The summed E-state index contributed by atoms with van der Waals surface area (Å²) in [4.78, 5) is 1.01. The van der Waals surface area contributed by atoms with Crippen molar-refractivity contribution in [2.75, 3.05) is 5.75 Å². The predicted octanol–water partition coefficient (Wildman–Crippen LogP) is 3.72. The summed E-state index contributed by atoms with van der Waals surface area (Å²) in [7, 11) is 0. The zero-order chi connectivity index (χ0) is 10.2. The van der Waals surface area contributed by atoms with Gasteiger partial charge in [0, 0.05) is 10.6 Å². The summed E-state index contributed by atoms with van der Waals surface area (Å²) in [5.74, 6) is 0.247. The van der Waals surface area contributed by atoms with Gasteiger partial charge in [-0.15, -0.1) is 11.8 Å². The molecule has 0 saturated heterocycles. The van der Waals surface area contributed by atoms with Crippen molar-refractivity contribution in [3.63, 3.8) is 0 Å². The molecule has 2 rings (SSSR count). The van der Waals surface area contributed by atoms with Gasteiger partial charge in [-0.3, -0.25) is 0 Å². The molecule has 1 aromatic carbocycles. The number of rotatable bonds is 2. The topological polar surface area (TPSA) is 0 Å². The highest BCUT2D eigenvalue weighted by Gasteiger charge is 2.32. The smallest absolute Gasteiger partial charge is 0.449 e. The van der Waals surface area contributed by atoms with Crippen molar-refractivity contribution in [2.24, 2.45) is 0 Å². The Hall–Kier alpha value is -0.575. The monoisotopic (exact) mass is 217 g/mol. The van der Waals surface area contributed by atoms with Crippen LogP contribution in [0.2, 0.25) is 6.32 Å². The Balaban J connectivity index is 2.18. The van der Waals surface area contributed by atoms with E-state index in [2.05, 4.69) is 0 Å². The molecule has 0 spiro atoms. The molecule has 0 N–H and O–H groups in total. The summed E-state index contributed by atoms with van der Waals surface area (Å²) in [6.07, 6.45) is -0.635. The largest absolute Gasteiger partial charge is 0.478 e. The fraction of sp³-hybridized carbons (Fsp3) is 0.333. The second kappa shape index (κ2) is 3.53. The highest BCUT2D eigenvalue weighted by atomic mass is 32.2. The summed E-state index contributed by atoms with van der Waals surface area (Å²) in [6.45, 7) is -4.66. The van der Waals surface area contributed by atoms with Crippen LogP contribution in [-0.2, 0) is 0 Å². The molecule has 76 valence electrons. The molecular formula is C9H9BF3S-. The molecule has 1 atom stereocenters. The average Bonchev–Trinajstić information content (AvgIpc) is 2.47. The van der Waals surface area contributed by atoms with Crippen molar-refractivity contribution in [1.29, 1.82) is 0 Å². The molecule has 14 heavy (non-hydrogen) atoms. The summed E-state index contributed by atoms with van der Waals surface area (Å²) in [5, 5.41) is 0. The lowest BCUT2D eigenvalue weighted by Crippen LogP contribution is -2.18. The normalized spacial score (nSPS) is 20.9. The van der Waals surface area contributed by atoms with E-state index in [4.69, 9.17) is 0 Å². The first-order valence-electron chi connectivity index (χ1n) is 4.49. The lowest BCUT2D eigenvalue weighted by Gasteiger charge is -2.18. The quantitative estimate of drug-likeness (QED) is 0.680. The van der Waals surface area contributed by atoms with Crippen LogP contribution in [0.4, 0.5) is 12.9 Å². The number of thioether (sulfide) groups is 1. The van der Waals surface area contributed by atoms with Gasteiger partial charge >= 0.3 is 6.98 Å². The van der Waals surface area contributed by atoms with Gasteiger partial charge in [-0.2, -0.15) is 0 Å². The fourth-order valence-corrected chi connectivity index (χ4v) is 3.02. The maximum Gasteiger partial charge on any atom is 0.478 e. The van der Waals surface area contributed by atoms with E-state index in [1.165, 1.54) is 11.8 Å². The molecule has 0 aliphatic carbocycles. The first kappa shape index (κ1) is 9.96. The van der Waals surface area contributed by atoms with Gasteiger partial charge in [-0.1, -0.05) is 24.5 Å². The van der Waals surface area contributed by atoms with Crippen LogP contribution in [0.3, 0.4) is 0 Å². The Bertz CT molecular complexity index is 337. The lowest BCUT2D eigenvalue weighted by atomic mass is 9.76. The Morgan fingerprint density at radius 2 is 2.00 bits per heavy atom. The second-order valence-electron chi connectivity index (χ2n) is 3.49. The third-order valence-electron chi connectivity index (χ3n) is 2.35. The fourth-order valence-electron chi connectivity index (χ4n) is 1.75. The molecule has 5 heteroatoms. The Labute approximate surface area is 84.9 Å². The maximum absolute atomic E-state index is 12.3. The van der Waals surface area contributed by atoms with Crippen molar-refractivity contribution in [3.8, 4) is 0 Å². The van der Waals surface area contributed by atoms with Crippen LogP contribution < -0.4 is 0 Å². The first-order valence-corrected chi connectivity index (χ1v) is 5.47. The number of halogens is 3. The van der Waals surface area contributed by atoms with Crippen LogP contribution in [0.15, 0.2) is 29.2 Å². The average molecular weight is 217 g/mol. The van der Waals surface area contributed by atoms with Gasteiger partial charge in [0.15, 0.2) is 0 Å². The molecule has 0 fully saturated rings. The van der Waals surface area contributed by atoms with E-state index in [0.29, 0.717) is 5.75 Å². The molecule has 1 unspecified atom stereocenters. The van der Waals surface area contributed by atoms with Crippen LogP contribution in [0.25, 0.3) is 0 Å². The molecule has 0 aromatic heterocycles. The van der Waals surface area contributed by atoms with Gasteiger partial charge in [-0.05, 0) is 17.5 Å². The summed E-state index contributed by atoms with van der Waals surface area (Å²) >= 11 is 1.53. The van der Waals surface area contributed by atoms with Gasteiger partial charge < -0.3 is 12.9 Å². The Kier molecular flexibility index (Phi) is 2.51. The third-order valence-corrected chi connectivity index (χ3v) is 3.60. The van der Waals surface area contributed by atoms with Crippen molar-refractivity contribution in [3.05, 3.63) is 29.8 Å². The molecule has 1 aliphatic heterocycles. The predicted molar refractivity (Wildman–Crippen MR) is 53.8 cm³/mol. The minimum Gasteiger partial charge on any atom is -0.449 e. The van der Waals surface area contributed by atoms with E-state index in [1.807, 2.05) is 18.2 Å². The molecule has 0 amide bonds. The summed E-state index contributed by atoms with van der Waals surface area (Å²) < 4.78 is 36.8. The maximum atomic E-state index is 12.3. The van der Waals surface area contributed by atoms with Crippen LogP contribution in [-0.4, -0.2) is 12.7 Å². The van der Waals surface area contributed by atoms with Crippen LogP contribution in [0, 0.1) is 0 Å². The van der Waals surface area contributed by atoms with E-state index in [1.54, 1.807) is 6.07 Å². The van der Waals surface area contributed by atoms with Gasteiger partial charge in [0.1, 0.15) is 0 Å². The van der Waals surface area contributed by atoms with Crippen molar-refractivity contribution < 1.29 is 12.9 Å². The lowest BCUT2D eigenvalue weighted by molar-refractivity contribution is 0.459. The zero-order valence-corrected chi connectivity index (χ0v) is 8.24. The molecule has 1 aliphatic rings. The van der Waals surface area contributed by atoms with E-state index in [0.717, 1.165) is 10.5 Å². The number of benzene rings is 1. The number of fused-ring (bicyclic) bond motifs is 1. The molecule has 0 saturated carbocycles. The molecule has 0 nitrogen and oxygen atoms in total. The number of hydrogen-bond acceptors (Lipinski definition) is 1.